The lowest BCUT2D eigenvalue weighted by molar-refractivity contribution is -0.139. The van der Waals surface area contributed by atoms with Crippen molar-refractivity contribution in [1.82, 2.24) is 10.2 Å². The van der Waals surface area contributed by atoms with Gasteiger partial charge < -0.3 is 10.2 Å². The quantitative estimate of drug-likeness (QED) is 0.531. The van der Waals surface area contributed by atoms with E-state index in [0.29, 0.717) is 33.4 Å². The number of carbonyl (C=O) groups excluding carboxylic acids is 3. The summed E-state index contributed by atoms with van der Waals surface area (Å²) >= 11 is 12.4. The van der Waals surface area contributed by atoms with Crippen LogP contribution in [-0.4, -0.2) is 41.8 Å². The molecule has 1 unspecified atom stereocenters. The van der Waals surface area contributed by atoms with Crippen molar-refractivity contribution in [2.45, 2.75) is 26.4 Å². The number of nitrogens with one attached hydrogen (secondary N) is 1. The fourth-order valence-corrected chi connectivity index (χ4v) is 4.57. The summed E-state index contributed by atoms with van der Waals surface area (Å²) in [6.45, 7) is 3.82. The molecule has 1 aliphatic rings. The second-order valence-electron chi connectivity index (χ2n) is 7.90. The van der Waals surface area contributed by atoms with Gasteiger partial charge in [-0.15, -0.1) is 0 Å². The van der Waals surface area contributed by atoms with Gasteiger partial charge in [0.25, 0.3) is 5.91 Å². The molecule has 0 aliphatic carbocycles. The number of amides is 3. The van der Waals surface area contributed by atoms with Crippen molar-refractivity contribution in [2.75, 3.05) is 18.0 Å². The number of halogens is 2. The maximum absolute atomic E-state index is 13.5. The summed E-state index contributed by atoms with van der Waals surface area (Å²) in [5, 5.41) is 5.41. The zero-order chi connectivity index (χ0) is 23.7. The normalized spacial score (nSPS) is 13.3. The van der Waals surface area contributed by atoms with Gasteiger partial charge in [0.05, 0.1) is 5.69 Å². The Balaban J connectivity index is 1.65. The van der Waals surface area contributed by atoms with Gasteiger partial charge in [0.15, 0.2) is 0 Å². The van der Waals surface area contributed by atoms with Crippen LogP contribution in [0, 0.1) is 0 Å². The molecule has 1 heterocycles. The minimum Gasteiger partial charge on any atom is -0.355 e. The Bertz CT molecular complexity index is 1260. The second kappa shape index (κ2) is 9.41. The largest absolute Gasteiger partial charge is 0.355 e. The van der Waals surface area contributed by atoms with Gasteiger partial charge in [0, 0.05) is 34.1 Å². The lowest BCUT2D eigenvalue weighted by atomic mass is 10.1. The van der Waals surface area contributed by atoms with Crippen LogP contribution in [0.5, 0.6) is 0 Å². The molecule has 0 spiro atoms. The van der Waals surface area contributed by atoms with Crippen molar-refractivity contribution in [1.29, 1.82) is 0 Å². The van der Waals surface area contributed by atoms with Gasteiger partial charge in [-0.3, -0.25) is 19.3 Å². The summed E-state index contributed by atoms with van der Waals surface area (Å²) in [5.74, 6) is -0.878. The number of benzene rings is 3. The summed E-state index contributed by atoms with van der Waals surface area (Å²) in [7, 11) is 0. The van der Waals surface area contributed by atoms with Gasteiger partial charge in [0.2, 0.25) is 11.8 Å². The van der Waals surface area contributed by atoms with E-state index in [1.807, 2.05) is 37.3 Å². The zero-order valence-corrected chi connectivity index (χ0v) is 19.8. The third kappa shape index (κ3) is 4.41. The van der Waals surface area contributed by atoms with E-state index < -0.39 is 6.04 Å². The Labute approximate surface area is 202 Å². The highest BCUT2D eigenvalue weighted by Crippen LogP contribution is 2.37. The summed E-state index contributed by atoms with van der Waals surface area (Å²) in [6, 6.07) is 15.4. The predicted octanol–water partition coefficient (Wildman–Crippen LogP) is 4.66. The van der Waals surface area contributed by atoms with Crippen LogP contribution in [0.1, 0.15) is 29.8 Å². The molecule has 0 bridgehead atoms. The number of hydrogen-bond donors (Lipinski definition) is 1. The number of hydrogen-bond acceptors (Lipinski definition) is 3. The molecule has 3 aromatic rings. The van der Waals surface area contributed by atoms with Crippen LogP contribution < -0.4 is 10.2 Å². The number of rotatable bonds is 7. The van der Waals surface area contributed by atoms with Crippen LogP contribution in [-0.2, 0) is 16.1 Å². The predicted molar refractivity (Wildman–Crippen MR) is 131 cm³/mol. The zero-order valence-electron chi connectivity index (χ0n) is 18.3. The maximum Gasteiger partial charge on any atom is 0.259 e. The lowest BCUT2D eigenvalue weighted by Gasteiger charge is -2.30. The Morgan fingerprint density at radius 3 is 2.52 bits per heavy atom. The highest BCUT2D eigenvalue weighted by Gasteiger charge is 2.34. The molecule has 1 atom stereocenters. The van der Waals surface area contributed by atoms with E-state index in [4.69, 9.17) is 23.2 Å². The fraction of sp³-hybridized carbons (Fsp3) is 0.240. The first-order valence-corrected chi connectivity index (χ1v) is 11.4. The Morgan fingerprint density at radius 2 is 1.82 bits per heavy atom. The number of carbonyl (C=O) groups is 3. The smallest absolute Gasteiger partial charge is 0.259 e. The van der Waals surface area contributed by atoms with Crippen molar-refractivity contribution in [2.24, 2.45) is 0 Å². The lowest BCUT2D eigenvalue weighted by Crippen LogP contribution is -2.50. The highest BCUT2D eigenvalue weighted by atomic mass is 35.5. The molecule has 170 valence electrons. The van der Waals surface area contributed by atoms with Crippen molar-refractivity contribution in [3.05, 3.63) is 75.8 Å². The highest BCUT2D eigenvalue weighted by molar-refractivity contribution is 6.35. The minimum absolute atomic E-state index is 0.103. The molecule has 3 aromatic carbocycles. The van der Waals surface area contributed by atoms with E-state index in [1.165, 1.54) is 9.80 Å². The monoisotopic (exact) mass is 483 g/mol. The van der Waals surface area contributed by atoms with Gasteiger partial charge in [-0.05, 0) is 49.1 Å². The third-order valence-electron chi connectivity index (χ3n) is 5.82. The van der Waals surface area contributed by atoms with Crippen molar-refractivity contribution in [3.8, 4) is 0 Å². The molecule has 0 radical (unpaired) electrons. The Hall–Kier alpha value is -3.09. The topological polar surface area (TPSA) is 69.7 Å². The van der Waals surface area contributed by atoms with E-state index >= 15 is 0 Å². The second-order valence-corrected chi connectivity index (χ2v) is 8.74. The van der Waals surface area contributed by atoms with E-state index in [-0.39, 0.29) is 30.8 Å². The molecule has 8 heteroatoms. The van der Waals surface area contributed by atoms with E-state index in [9.17, 15) is 14.4 Å². The fourth-order valence-electron chi connectivity index (χ4n) is 4.10. The average Bonchev–Trinajstić information content (AvgIpc) is 3.06. The molecule has 0 saturated carbocycles. The van der Waals surface area contributed by atoms with Crippen LogP contribution in [0.4, 0.5) is 5.69 Å². The summed E-state index contributed by atoms with van der Waals surface area (Å²) < 4.78 is 0. The van der Waals surface area contributed by atoms with E-state index in [1.54, 1.807) is 31.2 Å². The Morgan fingerprint density at radius 1 is 1.09 bits per heavy atom. The van der Waals surface area contributed by atoms with Crippen LogP contribution >= 0.6 is 23.2 Å². The van der Waals surface area contributed by atoms with Crippen LogP contribution in [0.15, 0.2) is 54.6 Å². The first kappa shape index (κ1) is 23.1. The maximum atomic E-state index is 13.5. The summed E-state index contributed by atoms with van der Waals surface area (Å²) in [4.78, 5) is 42.2. The van der Waals surface area contributed by atoms with Gasteiger partial charge in [-0.1, -0.05) is 53.5 Å². The van der Waals surface area contributed by atoms with Crippen molar-refractivity contribution < 1.29 is 14.4 Å². The van der Waals surface area contributed by atoms with Gasteiger partial charge in [-0.2, -0.15) is 0 Å². The molecule has 1 N–H and O–H groups in total. The molecule has 3 amide bonds. The van der Waals surface area contributed by atoms with E-state index in [2.05, 4.69) is 5.32 Å². The first-order valence-electron chi connectivity index (χ1n) is 10.7. The minimum atomic E-state index is -0.764. The standard InChI is InChI=1S/C25H23Cl2N3O3/c1-3-28-24(32)15(2)29(13-17-10-11-18(26)12-20(17)27)22(31)14-30-21-9-5-7-16-6-4-8-19(23(16)21)25(30)33/h4-12,15H,3,13-14H2,1-2H3,(H,28,32). The van der Waals surface area contributed by atoms with Gasteiger partial charge >= 0.3 is 0 Å². The third-order valence-corrected chi connectivity index (χ3v) is 6.40. The molecule has 1 aliphatic heterocycles. The SMILES string of the molecule is CCNC(=O)C(C)N(Cc1ccc(Cl)cc1Cl)C(=O)CN1C(=O)c2cccc3cccc1c23. The van der Waals surface area contributed by atoms with Crippen LogP contribution in [0.3, 0.4) is 0 Å². The number of nitrogens with zero attached hydrogens (tertiary/aromatic N) is 2. The molecule has 0 aromatic heterocycles. The molecular weight excluding hydrogens is 461 g/mol. The first-order chi connectivity index (χ1) is 15.8. The summed E-state index contributed by atoms with van der Waals surface area (Å²) in [5.41, 5.74) is 1.92. The molecule has 4 rings (SSSR count). The average molecular weight is 484 g/mol. The molecule has 6 nitrogen and oxygen atoms in total. The Kier molecular flexibility index (Phi) is 6.58. The van der Waals surface area contributed by atoms with Crippen molar-refractivity contribution in [3.63, 3.8) is 0 Å². The molecular formula is C25H23Cl2N3O3. The summed E-state index contributed by atoms with van der Waals surface area (Å²) in [6.07, 6.45) is 0. The van der Waals surface area contributed by atoms with E-state index in [0.717, 1.165) is 10.8 Å². The van der Waals surface area contributed by atoms with Gasteiger partial charge in [-0.25, -0.2) is 0 Å². The molecule has 0 saturated heterocycles. The van der Waals surface area contributed by atoms with Crippen molar-refractivity contribution >= 4 is 57.4 Å². The molecule has 0 fully saturated rings. The number of likely N-dealkylation sites (N-methyl/N-ethyl adjacent to an activating group) is 1. The number of anilines is 1. The van der Waals surface area contributed by atoms with Crippen LogP contribution in [0.2, 0.25) is 10.0 Å². The van der Waals surface area contributed by atoms with Crippen LogP contribution in [0.25, 0.3) is 10.8 Å². The molecule has 33 heavy (non-hydrogen) atoms. The van der Waals surface area contributed by atoms with Gasteiger partial charge in [0.1, 0.15) is 12.6 Å².